The van der Waals surface area contributed by atoms with Gasteiger partial charge in [0.05, 0.1) is 19.6 Å². The molecule has 188 valence electrons. The summed E-state index contributed by atoms with van der Waals surface area (Å²) in [5.41, 5.74) is 0.440. The zero-order valence-corrected chi connectivity index (χ0v) is 18.5. The van der Waals surface area contributed by atoms with Crippen molar-refractivity contribution in [1.82, 2.24) is 0 Å². The molecule has 1 saturated heterocycles. The Morgan fingerprint density at radius 3 is 2.43 bits per heavy atom. The number of aromatic hydroxyl groups is 1. The molecule has 6 unspecified atom stereocenters. The van der Waals surface area contributed by atoms with Gasteiger partial charge in [-0.05, 0) is 6.07 Å². The Balaban J connectivity index is 1.41. The number of ketones is 1. The second kappa shape index (κ2) is 9.06. The minimum atomic E-state index is -1.64. The summed E-state index contributed by atoms with van der Waals surface area (Å²) < 4.78 is 32.8. The van der Waals surface area contributed by atoms with Crippen molar-refractivity contribution in [2.24, 2.45) is 0 Å². The number of hydrogen-bond acceptors (Lipinski definition) is 12. The lowest BCUT2D eigenvalue weighted by Crippen LogP contribution is -2.60. The molecule has 5 rings (SSSR count). The number of benzene rings is 2. The van der Waals surface area contributed by atoms with Crippen LogP contribution in [0, 0.1) is 0 Å². The zero-order chi connectivity index (χ0) is 24.9. The Hall–Kier alpha value is -3.29. The van der Waals surface area contributed by atoms with Crippen molar-refractivity contribution in [2.75, 3.05) is 27.1 Å². The molecule has 6 atom stereocenters. The van der Waals surface area contributed by atoms with Gasteiger partial charge in [-0.15, -0.1) is 0 Å². The number of carbonyl (C=O) groups is 1. The quantitative estimate of drug-likeness (QED) is 0.368. The number of carbonyl (C=O) groups excluding carboxylic acids is 1. The first-order chi connectivity index (χ1) is 16.8. The second-order valence-electron chi connectivity index (χ2n) is 8.31. The summed E-state index contributed by atoms with van der Waals surface area (Å²) in [6.07, 6.45) is -7.45. The summed E-state index contributed by atoms with van der Waals surface area (Å²) in [6, 6.07) is 5.74. The third-order valence-electron chi connectivity index (χ3n) is 6.22. The maximum absolute atomic E-state index is 13.4. The van der Waals surface area contributed by atoms with Crippen molar-refractivity contribution in [3.63, 3.8) is 0 Å². The Bertz CT molecular complexity index is 1130. The number of aliphatic hydroxyl groups excluding tert-OH is 4. The molecule has 2 aromatic carbocycles. The van der Waals surface area contributed by atoms with Crippen LogP contribution < -0.4 is 23.7 Å². The van der Waals surface area contributed by atoms with Gasteiger partial charge in [0.25, 0.3) is 0 Å². The molecule has 0 aliphatic carbocycles. The molecule has 3 heterocycles. The van der Waals surface area contributed by atoms with Gasteiger partial charge in [0.1, 0.15) is 59.6 Å². The fourth-order valence-electron chi connectivity index (χ4n) is 4.35. The topological polar surface area (TPSA) is 174 Å². The van der Waals surface area contributed by atoms with Gasteiger partial charge in [-0.2, -0.15) is 0 Å². The van der Waals surface area contributed by atoms with Crippen LogP contribution in [0.25, 0.3) is 0 Å². The van der Waals surface area contributed by atoms with Gasteiger partial charge in [-0.25, -0.2) is 0 Å². The molecule has 12 nitrogen and oxygen atoms in total. The number of phenols is 1. The van der Waals surface area contributed by atoms with Crippen molar-refractivity contribution in [1.29, 1.82) is 0 Å². The molecule has 3 aliphatic rings. The van der Waals surface area contributed by atoms with Gasteiger partial charge in [-0.3, -0.25) is 4.79 Å². The van der Waals surface area contributed by atoms with Crippen molar-refractivity contribution >= 4 is 5.78 Å². The predicted molar refractivity (Wildman–Crippen MR) is 114 cm³/mol. The summed E-state index contributed by atoms with van der Waals surface area (Å²) in [4.78, 5) is 13.4. The Morgan fingerprint density at radius 2 is 1.71 bits per heavy atom. The zero-order valence-electron chi connectivity index (χ0n) is 18.5. The van der Waals surface area contributed by atoms with Gasteiger partial charge in [0.2, 0.25) is 13.1 Å². The van der Waals surface area contributed by atoms with E-state index in [0.717, 1.165) is 6.07 Å². The molecular weight excluding hydrogens is 468 g/mol. The highest BCUT2D eigenvalue weighted by Gasteiger charge is 2.45. The number of rotatable bonds is 5. The molecule has 0 spiro atoms. The summed E-state index contributed by atoms with van der Waals surface area (Å²) >= 11 is 0. The first-order valence-electron chi connectivity index (χ1n) is 10.8. The van der Waals surface area contributed by atoms with Crippen LogP contribution in [0.1, 0.15) is 21.8 Å². The molecule has 35 heavy (non-hydrogen) atoms. The van der Waals surface area contributed by atoms with Crippen LogP contribution >= 0.6 is 0 Å². The summed E-state index contributed by atoms with van der Waals surface area (Å²) in [5.74, 6) is -0.267. The van der Waals surface area contributed by atoms with Crippen LogP contribution in [0.5, 0.6) is 34.5 Å². The fourth-order valence-corrected chi connectivity index (χ4v) is 4.35. The maximum atomic E-state index is 13.4. The van der Waals surface area contributed by atoms with Crippen LogP contribution in [0.3, 0.4) is 0 Å². The third-order valence-corrected chi connectivity index (χ3v) is 6.22. The number of ether oxygens (including phenoxy) is 6. The molecule has 3 aliphatic heterocycles. The molecular formula is C23H24O12. The molecule has 0 radical (unpaired) electrons. The highest BCUT2D eigenvalue weighted by Crippen LogP contribution is 2.46. The minimum absolute atomic E-state index is 0.0301. The Labute approximate surface area is 198 Å². The van der Waals surface area contributed by atoms with Crippen LogP contribution in [0.2, 0.25) is 0 Å². The van der Waals surface area contributed by atoms with Crippen molar-refractivity contribution in [3.8, 4) is 34.5 Å². The number of methoxy groups -OCH3 is 1. The smallest absolute Gasteiger partial charge is 0.231 e. The molecule has 0 bridgehead atoms. The molecule has 2 aromatic rings. The van der Waals surface area contributed by atoms with Crippen LogP contribution in [-0.4, -0.2) is 89.1 Å². The van der Waals surface area contributed by atoms with E-state index in [1.54, 1.807) is 12.1 Å². The molecule has 0 aromatic heterocycles. The SMILES string of the molecule is COc1cc2c(cc1C1COc3cc(OC4OC(CO)C(O)C(O)C4O)cc(O)c3C1=O)OCO2. The lowest BCUT2D eigenvalue weighted by Gasteiger charge is -2.39. The van der Waals surface area contributed by atoms with Gasteiger partial charge in [0.15, 0.2) is 17.3 Å². The second-order valence-corrected chi connectivity index (χ2v) is 8.31. The average molecular weight is 492 g/mol. The average Bonchev–Trinajstić information content (AvgIpc) is 3.31. The van der Waals surface area contributed by atoms with Crippen LogP contribution in [0.15, 0.2) is 24.3 Å². The van der Waals surface area contributed by atoms with E-state index in [9.17, 15) is 30.3 Å². The van der Waals surface area contributed by atoms with E-state index in [1.807, 2.05) is 0 Å². The predicted octanol–water partition coefficient (Wildman–Crippen LogP) is -0.333. The van der Waals surface area contributed by atoms with E-state index >= 15 is 0 Å². The number of fused-ring (bicyclic) bond motifs is 2. The van der Waals surface area contributed by atoms with Gasteiger partial charge in [-0.1, -0.05) is 0 Å². The summed E-state index contributed by atoms with van der Waals surface area (Å²) in [5, 5.41) is 50.0. The Morgan fingerprint density at radius 1 is 0.971 bits per heavy atom. The number of phenolic OH excluding ortho intramolecular Hbond substituents is 1. The monoisotopic (exact) mass is 492 g/mol. The van der Waals surface area contributed by atoms with E-state index in [-0.39, 0.29) is 30.5 Å². The largest absolute Gasteiger partial charge is 0.507 e. The van der Waals surface area contributed by atoms with Crippen molar-refractivity contribution < 1.29 is 58.7 Å². The number of aliphatic hydroxyl groups is 4. The minimum Gasteiger partial charge on any atom is -0.507 e. The Kier molecular flexibility index (Phi) is 6.07. The van der Waals surface area contributed by atoms with E-state index in [4.69, 9.17) is 28.4 Å². The third kappa shape index (κ3) is 3.98. The first kappa shape index (κ1) is 23.5. The van der Waals surface area contributed by atoms with E-state index in [1.165, 1.54) is 13.2 Å². The van der Waals surface area contributed by atoms with Crippen LogP contribution in [-0.2, 0) is 4.74 Å². The van der Waals surface area contributed by atoms with Gasteiger partial charge >= 0.3 is 0 Å². The lowest BCUT2D eigenvalue weighted by atomic mass is 9.87. The number of hydrogen-bond donors (Lipinski definition) is 5. The highest BCUT2D eigenvalue weighted by molar-refractivity contribution is 6.07. The lowest BCUT2D eigenvalue weighted by molar-refractivity contribution is -0.277. The molecule has 0 amide bonds. The fraction of sp³-hybridized carbons (Fsp3) is 0.435. The van der Waals surface area contributed by atoms with Crippen molar-refractivity contribution in [3.05, 3.63) is 35.4 Å². The van der Waals surface area contributed by atoms with E-state index in [0.29, 0.717) is 22.8 Å². The molecule has 1 fully saturated rings. The number of Topliss-reactive ketones (excluding diaryl/α,β-unsaturated/α-hetero) is 1. The molecule has 12 heteroatoms. The highest BCUT2D eigenvalue weighted by atomic mass is 16.7. The normalized spacial score (nSPS) is 29.3. The maximum Gasteiger partial charge on any atom is 0.231 e. The van der Waals surface area contributed by atoms with Crippen LogP contribution in [0.4, 0.5) is 0 Å². The van der Waals surface area contributed by atoms with E-state index < -0.39 is 54.8 Å². The standard InChI is InChI=1S/C23H24O12/c1-30-13-5-15-14(32-8-33-15)4-10(13)11-7-31-16-3-9(2-12(25)18(16)19(11)26)34-23-22(29)21(28)20(27)17(6-24)35-23/h2-5,11,17,20-25,27-29H,6-8H2,1H3. The summed E-state index contributed by atoms with van der Waals surface area (Å²) in [7, 11) is 1.46. The first-order valence-corrected chi connectivity index (χ1v) is 10.8. The van der Waals surface area contributed by atoms with E-state index in [2.05, 4.69) is 0 Å². The van der Waals surface area contributed by atoms with Gasteiger partial charge < -0.3 is 54.0 Å². The summed E-state index contributed by atoms with van der Waals surface area (Å²) in [6.45, 7) is -0.634. The van der Waals surface area contributed by atoms with Gasteiger partial charge in [0, 0.05) is 23.8 Å². The van der Waals surface area contributed by atoms with Crippen molar-refractivity contribution in [2.45, 2.75) is 36.6 Å². The molecule has 0 saturated carbocycles. The molecule has 5 N–H and O–H groups in total.